The summed E-state index contributed by atoms with van der Waals surface area (Å²) in [4.78, 5) is 13.0. The first-order valence-electron chi connectivity index (χ1n) is 12.4. The maximum absolute atomic E-state index is 14.5. The van der Waals surface area contributed by atoms with Crippen LogP contribution < -0.4 is 9.47 Å². The van der Waals surface area contributed by atoms with Crippen molar-refractivity contribution in [2.45, 2.75) is 71.1 Å². The Morgan fingerprint density at radius 3 is 2.41 bits per heavy atom. The van der Waals surface area contributed by atoms with Crippen molar-refractivity contribution in [2.75, 3.05) is 6.61 Å². The number of rotatable bonds is 6. The highest BCUT2D eigenvalue weighted by atomic mass is 19.2. The van der Waals surface area contributed by atoms with Crippen LogP contribution in [0.2, 0.25) is 0 Å². The molecule has 4 atom stereocenters. The van der Waals surface area contributed by atoms with Crippen LogP contribution in [-0.2, 0) is 4.79 Å². The van der Waals surface area contributed by atoms with Gasteiger partial charge in [0.25, 0.3) is 0 Å². The van der Waals surface area contributed by atoms with E-state index in [-0.39, 0.29) is 24.0 Å². The molecule has 3 saturated carbocycles. The van der Waals surface area contributed by atoms with Crippen molar-refractivity contribution < 1.29 is 23.0 Å². The van der Waals surface area contributed by atoms with Crippen LogP contribution in [0, 0.1) is 47.1 Å². The lowest BCUT2D eigenvalue weighted by Crippen LogP contribution is -2.40. The summed E-state index contributed by atoms with van der Waals surface area (Å²) in [6, 6.07) is 2.57. The van der Waals surface area contributed by atoms with Crippen LogP contribution in [0.5, 0.6) is 11.5 Å². The first-order valence-corrected chi connectivity index (χ1v) is 12.4. The zero-order valence-electron chi connectivity index (χ0n) is 19.2. The van der Waals surface area contributed by atoms with E-state index in [4.69, 9.17) is 9.47 Å². The number of carbonyl (C=O) groups excluding carboxylic acids is 1. The Hall–Kier alpha value is -1.91. The lowest BCUT2D eigenvalue weighted by molar-refractivity contribution is -0.144. The van der Waals surface area contributed by atoms with Crippen LogP contribution in [0.4, 0.5) is 8.78 Å². The van der Waals surface area contributed by atoms with Crippen molar-refractivity contribution in [3.8, 4) is 11.5 Å². The maximum atomic E-state index is 14.5. The quantitative estimate of drug-likeness (QED) is 0.266. The topological polar surface area (TPSA) is 35.5 Å². The third kappa shape index (κ3) is 5.02. The highest BCUT2D eigenvalue weighted by Crippen LogP contribution is 2.50. The summed E-state index contributed by atoms with van der Waals surface area (Å²) >= 11 is 0. The Morgan fingerprint density at radius 2 is 1.66 bits per heavy atom. The molecule has 1 aromatic carbocycles. The zero-order valence-corrected chi connectivity index (χ0v) is 19.2. The number of fused-ring (bicyclic) bond motifs is 1. The fraction of sp³-hybridized carbons (Fsp3) is 0.667. The smallest absolute Gasteiger partial charge is 0.314 e. The Balaban J connectivity index is 1.38. The van der Waals surface area contributed by atoms with Gasteiger partial charge in [0.05, 0.1) is 5.92 Å². The molecule has 176 valence electrons. The molecule has 32 heavy (non-hydrogen) atoms. The van der Waals surface area contributed by atoms with Crippen molar-refractivity contribution in [3.05, 3.63) is 36.4 Å². The van der Waals surface area contributed by atoms with Crippen LogP contribution in [0.3, 0.4) is 0 Å². The molecule has 4 rings (SSSR count). The van der Waals surface area contributed by atoms with E-state index < -0.39 is 17.6 Å². The SMILES string of the molecule is C=CCOc1ccc(OC(=O)C2CCCC3CC(C4CCC(C)CC4)CCC32)c(F)c1F. The van der Waals surface area contributed by atoms with Gasteiger partial charge in [-0.1, -0.05) is 45.3 Å². The van der Waals surface area contributed by atoms with Gasteiger partial charge in [0.15, 0.2) is 11.5 Å². The van der Waals surface area contributed by atoms with Gasteiger partial charge in [-0.2, -0.15) is 8.78 Å². The maximum Gasteiger partial charge on any atom is 0.314 e. The van der Waals surface area contributed by atoms with Crippen molar-refractivity contribution in [1.29, 1.82) is 0 Å². The monoisotopic (exact) mass is 446 g/mol. The van der Waals surface area contributed by atoms with Gasteiger partial charge in [-0.05, 0) is 80.2 Å². The lowest BCUT2D eigenvalue weighted by atomic mass is 9.59. The molecular formula is C27H36F2O3. The second kappa shape index (κ2) is 10.4. The van der Waals surface area contributed by atoms with Gasteiger partial charge in [0, 0.05) is 0 Å². The molecule has 3 aliphatic carbocycles. The van der Waals surface area contributed by atoms with Gasteiger partial charge in [-0.3, -0.25) is 4.79 Å². The summed E-state index contributed by atoms with van der Waals surface area (Å²) in [5, 5.41) is 0. The molecule has 0 aromatic heterocycles. The number of halogens is 2. The third-order valence-corrected chi connectivity index (χ3v) is 8.30. The molecule has 0 aliphatic heterocycles. The second-order valence-corrected chi connectivity index (χ2v) is 10.3. The summed E-state index contributed by atoms with van der Waals surface area (Å²) < 4.78 is 39.2. The number of ether oxygens (including phenoxy) is 2. The fourth-order valence-electron chi connectivity index (χ4n) is 6.51. The first-order chi connectivity index (χ1) is 15.5. The Kier molecular flexibility index (Phi) is 7.52. The van der Waals surface area contributed by atoms with Crippen molar-refractivity contribution >= 4 is 5.97 Å². The van der Waals surface area contributed by atoms with E-state index in [0.29, 0.717) is 11.8 Å². The third-order valence-electron chi connectivity index (χ3n) is 8.30. The van der Waals surface area contributed by atoms with Crippen LogP contribution in [0.15, 0.2) is 24.8 Å². The highest BCUT2D eigenvalue weighted by molar-refractivity contribution is 5.75. The van der Waals surface area contributed by atoms with E-state index in [1.807, 2.05) is 0 Å². The molecule has 0 heterocycles. The number of esters is 1. The molecule has 0 amide bonds. The second-order valence-electron chi connectivity index (χ2n) is 10.3. The van der Waals surface area contributed by atoms with Gasteiger partial charge in [0.2, 0.25) is 11.6 Å². The molecule has 3 aliphatic rings. The van der Waals surface area contributed by atoms with Gasteiger partial charge in [-0.15, -0.1) is 0 Å². The molecule has 3 nitrogen and oxygen atoms in total. The molecule has 3 fully saturated rings. The summed E-state index contributed by atoms with van der Waals surface area (Å²) in [6.45, 7) is 5.93. The lowest BCUT2D eigenvalue weighted by Gasteiger charge is -2.45. The van der Waals surface area contributed by atoms with Crippen molar-refractivity contribution in [2.24, 2.45) is 35.5 Å². The number of hydrogen-bond acceptors (Lipinski definition) is 3. The molecule has 5 heteroatoms. The molecule has 0 radical (unpaired) electrons. The van der Waals surface area contributed by atoms with E-state index in [9.17, 15) is 13.6 Å². The van der Waals surface area contributed by atoms with Gasteiger partial charge in [-0.25, -0.2) is 0 Å². The van der Waals surface area contributed by atoms with E-state index in [0.717, 1.165) is 37.0 Å². The fourth-order valence-corrected chi connectivity index (χ4v) is 6.51. The summed E-state index contributed by atoms with van der Waals surface area (Å²) in [5.41, 5.74) is 0. The van der Waals surface area contributed by atoms with Gasteiger partial charge in [0.1, 0.15) is 6.61 Å². The Morgan fingerprint density at radius 1 is 0.969 bits per heavy atom. The van der Waals surface area contributed by atoms with Gasteiger partial charge >= 0.3 is 5.97 Å². The number of hydrogen-bond donors (Lipinski definition) is 0. The Bertz CT molecular complexity index is 815. The minimum atomic E-state index is -1.18. The van der Waals surface area contributed by atoms with Crippen LogP contribution in [-0.4, -0.2) is 12.6 Å². The van der Waals surface area contributed by atoms with E-state index in [1.165, 1.54) is 63.2 Å². The minimum Gasteiger partial charge on any atom is -0.486 e. The highest BCUT2D eigenvalue weighted by Gasteiger charge is 2.43. The normalized spacial score (nSPS) is 32.6. The minimum absolute atomic E-state index is 0.0709. The summed E-state index contributed by atoms with van der Waals surface area (Å²) in [5.74, 6) is -0.169. The molecule has 0 saturated heterocycles. The molecule has 0 N–H and O–H groups in total. The average Bonchev–Trinajstić information content (AvgIpc) is 2.81. The van der Waals surface area contributed by atoms with Crippen molar-refractivity contribution in [3.63, 3.8) is 0 Å². The van der Waals surface area contributed by atoms with E-state index in [1.54, 1.807) is 0 Å². The molecule has 0 spiro atoms. The van der Waals surface area contributed by atoms with E-state index in [2.05, 4.69) is 13.5 Å². The number of carbonyl (C=O) groups is 1. The molecule has 1 aromatic rings. The predicted molar refractivity (Wildman–Crippen MR) is 120 cm³/mol. The van der Waals surface area contributed by atoms with Crippen LogP contribution >= 0.6 is 0 Å². The molecule has 4 unspecified atom stereocenters. The van der Waals surface area contributed by atoms with Gasteiger partial charge < -0.3 is 9.47 Å². The first kappa shape index (κ1) is 23.3. The zero-order chi connectivity index (χ0) is 22.7. The molecule has 0 bridgehead atoms. The largest absolute Gasteiger partial charge is 0.486 e. The van der Waals surface area contributed by atoms with Crippen LogP contribution in [0.25, 0.3) is 0 Å². The Labute approximate surface area is 190 Å². The predicted octanol–water partition coefficient (Wildman–Crippen LogP) is 7.09. The molecular weight excluding hydrogens is 410 g/mol. The summed E-state index contributed by atoms with van der Waals surface area (Å²) in [6.07, 6.45) is 13.3. The van der Waals surface area contributed by atoms with E-state index >= 15 is 0 Å². The van der Waals surface area contributed by atoms with Crippen molar-refractivity contribution in [1.82, 2.24) is 0 Å². The van der Waals surface area contributed by atoms with Crippen LogP contribution in [0.1, 0.15) is 71.1 Å². The standard InChI is InChI=1S/C27H36F2O3/c1-3-15-31-23-13-14-24(26(29)25(23)28)32-27(30)22-6-4-5-20-16-19(11-12-21(20)22)18-9-7-17(2)8-10-18/h3,13-14,17-22H,1,4-12,15-16H2,2H3. The average molecular weight is 447 g/mol. The number of benzene rings is 1. The summed E-state index contributed by atoms with van der Waals surface area (Å²) in [7, 11) is 0.